The number of anilines is 1. The molecule has 1 aliphatic heterocycles. The van der Waals surface area contributed by atoms with Crippen LogP contribution >= 0.6 is 11.6 Å². The number of rotatable bonds is 8. The van der Waals surface area contributed by atoms with Gasteiger partial charge in [0.15, 0.2) is 0 Å². The molecule has 1 unspecified atom stereocenters. The number of nitrogens with two attached hydrogens (primary N) is 2. The Morgan fingerprint density at radius 3 is 2.53 bits per heavy atom. The third kappa shape index (κ3) is 6.27. The first-order valence-electron chi connectivity index (χ1n) is 10.5. The van der Waals surface area contributed by atoms with Gasteiger partial charge in [-0.3, -0.25) is 9.69 Å². The minimum Gasteiger partial charge on any atom is -0.496 e. The zero-order chi connectivity index (χ0) is 23.1. The van der Waals surface area contributed by atoms with Crippen LogP contribution in [-0.2, 0) is 4.74 Å². The smallest absolute Gasteiger partial charge is 0.405 e. The van der Waals surface area contributed by atoms with E-state index in [0.717, 1.165) is 31.5 Å². The minimum atomic E-state index is -0.783. The Bertz CT molecular complexity index is 933. The van der Waals surface area contributed by atoms with Crippen LogP contribution < -0.4 is 21.5 Å². The molecule has 2 amide bonds. The number of hydrogen-bond acceptors (Lipinski definition) is 6. The van der Waals surface area contributed by atoms with Gasteiger partial charge in [0.1, 0.15) is 11.9 Å². The lowest BCUT2D eigenvalue weighted by atomic mass is 9.96. The number of amides is 2. The Kier molecular flexibility index (Phi) is 8.19. The first-order valence-corrected chi connectivity index (χ1v) is 10.9. The van der Waals surface area contributed by atoms with Gasteiger partial charge < -0.3 is 26.3 Å². The van der Waals surface area contributed by atoms with Crippen molar-refractivity contribution in [2.24, 2.45) is 11.7 Å². The van der Waals surface area contributed by atoms with E-state index in [1.54, 1.807) is 6.07 Å². The number of benzene rings is 2. The van der Waals surface area contributed by atoms with Gasteiger partial charge in [0, 0.05) is 19.2 Å². The monoisotopic (exact) mass is 460 g/mol. The quantitative estimate of drug-likeness (QED) is 0.520. The van der Waals surface area contributed by atoms with E-state index < -0.39 is 12.2 Å². The topological polar surface area (TPSA) is 120 Å². The van der Waals surface area contributed by atoms with Gasteiger partial charge in [-0.05, 0) is 43.5 Å². The van der Waals surface area contributed by atoms with Crippen LogP contribution in [0.15, 0.2) is 42.5 Å². The summed E-state index contributed by atoms with van der Waals surface area (Å²) >= 11 is 6.06. The lowest BCUT2D eigenvalue weighted by molar-refractivity contribution is 0.0633. The van der Waals surface area contributed by atoms with E-state index in [-0.39, 0.29) is 5.91 Å². The molecule has 1 heterocycles. The number of carbonyl (C=O) groups excluding carboxylic acids is 2. The number of nitrogens with one attached hydrogen (secondary N) is 1. The molecule has 1 aliphatic rings. The fraction of sp³-hybridized carbons (Fsp3) is 0.391. The maximum atomic E-state index is 12.6. The molecule has 0 spiro atoms. The number of halogens is 1. The summed E-state index contributed by atoms with van der Waals surface area (Å²) in [4.78, 5) is 26.2. The number of hydrogen-bond donors (Lipinski definition) is 3. The van der Waals surface area contributed by atoms with Gasteiger partial charge in [0.05, 0.1) is 23.4 Å². The van der Waals surface area contributed by atoms with Crippen LogP contribution in [0.1, 0.15) is 34.9 Å². The van der Waals surface area contributed by atoms with Crippen LogP contribution in [-0.4, -0.2) is 50.2 Å². The summed E-state index contributed by atoms with van der Waals surface area (Å²) in [7, 11) is 1.49. The third-order valence-electron chi connectivity index (χ3n) is 5.68. The van der Waals surface area contributed by atoms with Crippen LogP contribution in [0, 0.1) is 5.92 Å². The van der Waals surface area contributed by atoms with Crippen LogP contribution in [0.3, 0.4) is 0 Å². The number of likely N-dealkylation sites (tertiary alicyclic amines) is 1. The average molecular weight is 461 g/mol. The molecule has 0 saturated carbocycles. The highest BCUT2D eigenvalue weighted by Gasteiger charge is 2.25. The second kappa shape index (κ2) is 11.1. The van der Waals surface area contributed by atoms with Crippen molar-refractivity contribution in [3.63, 3.8) is 0 Å². The van der Waals surface area contributed by atoms with Crippen molar-refractivity contribution in [2.45, 2.75) is 18.9 Å². The Balaban J connectivity index is 1.51. The van der Waals surface area contributed by atoms with Crippen LogP contribution in [0.25, 0.3) is 0 Å². The van der Waals surface area contributed by atoms with Crippen LogP contribution in [0.4, 0.5) is 10.5 Å². The zero-order valence-corrected chi connectivity index (χ0v) is 18.8. The van der Waals surface area contributed by atoms with Crippen LogP contribution in [0.5, 0.6) is 5.75 Å². The highest BCUT2D eigenvalue weighted by molar-refractivity contribution is 6.33. The lowest BCUT2D eigenvalue weighted by Crippen LogP contribution is -2.41. The molecule has 0 bridgehead atoms. The van der Waals surface area contributed by atoms with Crippen molar-refractivity contribution >= 4 is 29.3 Å². The third-order valence-corrected chi connectivity index (χ3v) is 6.00. The number of ether oxygens (including phenoxy) is 2. The molecule has 8 nitrogen and oxygen atoms in total. The summed E-state index contributed by atoms with van der Waals surface area (Å²) in [6.07, 6.45) is 0.637. The Morgan fingerprint density at radius 2 is 1.91 bits per heavy atom. The van der Waals surface area contributed by atoms with Gasteiger partial charge >= 0.3 is 6.09 Å². The van der Waals surface area contributed by atoms with Gasteiger partial charge in [-0.1, -0.05) is 41.9 Å². The molecular formula is C23H29ClN4O4. The number of nitrogen functional groups attached to an aromatic ring is 1. The van der Waals surface area contributed by atoms with E-state index in [2.05, 4.69) is 10.2 Å². The molecule has 5 N–H and O–H groups in total. The second-order valence-electron chi connectivity index (χ2n) is 7.86. The van der Waals surface area contributed by atoms with Crippen molar-refractivity contribution in [2.75, 3.05) is 39.0 Å². The minimum absolute atomic E-state index is 0.245. The first kappa shape index (κ1) is 23.7. The SMILES string of the molecule is COc1cc(N)c(Cl)cc1C(=O)NCC1CCN(CC(OC(N)=O)c2ccccc2)CC1. The molecule has 0 aliphatic carbocycles. The molecule has 2 aromatic rings. The summed E-state index contributed by atoms with van der Waals surface area (Å²) in [5.74, 6) is 0.489. The molecule has 0 aromatic heterocycles. The molecule has 1 atom stereocenters. The summed E-state index contributed by atoms with van der Waals surface area (Å²) in [5.41, 5.74) is 12.7. The molecule has 172 valence electrons. The van der Waals surface area contributed by atoms with Crippen molar-refractivity contribution in [1.29, 1.82) is 0 Å². The number of piperidine rings is 1. The summed E-state index contributed by atoms with van der Waals surface area (Å²) < 4.78 is 10.6. The Hall–Kier alpha value is -2.97. The predicted octanol–water partition coefficient (Wildman–Crippen LogP) is 3.21. The van der Waals surface area contributed by atoms with Crippen molar-refractivity contribution in [1.82, 2.24) is 10.2 Å². The number of primary amides is 1. The summed E-state index contributed by atoms with van der Waals surface area (Å²) in [6.45, 7) is 2.80. The van der Waals surface area contributed by atoms with E-state index >= 15 is 0 Å². The fourth-order valence-electron chi connectivity index (χ4n) is 3.87. The van der Waals surface area contributed by atoms with E-state index in [4.69, 9.17) is 32.5 Å². The van der Waals surface area contributed by atoms with E-state index in [1.807, 2.05) is 30.3 Å². The van der Waals surface area contributed by atoms with Gasteiger partial charge in [-0.15, -0.1) is 0 Å². The number of carbonyl (C=O) groups is 2. The molecule has 1 fully saturated rings. The maximum Gasteiger partial charge on any atom is 0.405 e. The van der Waals surface area contributed by atoms with Crippen molar-refractivity contribution in [3.8, 4) is 5.75 Å². The highest BCUT2D eigenvalue weighted by atomic mass is 35.5. The van der Waals surface area contributed by atoms with Crippen molar-refractivity contribution in [3.05, 3.63) is 58.6 Å². The van der Waals surface area contributed by atoms with Crippen molar-refractivity contribution < 1.29 is 19.1 Å². The molecule has 3 rings (SSSR count). The zero-order valence-electron chi connectivity index (χ0n) is 18.1. The molecule has 1 saturated heterocycles. The van der Waals surface area contributed by atoms with Gasteiger partial charge in [0.2, 0.25) is 0 Å². The van der Waals surface area contributed by atoms with Gasteiger partial charge in [-0.2, -0.15) is 0 Å². The number of methoxy groups -OCH3 is 1. The molecule has 9 heteroatoms. The Morgan fingerprint density at radius 1 is 1.22 bits per heavy atom. The molecule has 2 aromatic carbocycles. The molecule has 0 radical (unpaired) electrons. The van der Waals surface area contributed by atoms with E-state index in [0.29, 0.717) is 41.0 Å². The predicted molar refractivity (Wildman–Crippen MR) is 124 cm³/mol. The van der Waals surface area contributed by atoms with Gasteiger partial charge in [-0.25, -0.2) is 4.79 Å². The fourth-order valence-corrected chi connectivity index (χ4v) is 4.04. The molecular weight excluding hydrogens is 432 g/mol. The highest BCUT2D eigenvalue weighted by Crippen LogP contribution is 2.29. The number of nitrogens with zero attached hydrogens (tertiary/aromatic N) is 1. The van der Waals surface area contributed by atoms with E-state index in [1.165, 1.54) is 13.2 Å². The van der Waals surface area contributed by atoms with Gasteiger partial charge in [0.25, 0.3) is 5.91 Å². The second-order valence-corrected chi connectivity index (χ2v) is 8.27. The van der Waals surface area contributed by atoms with E-state index in [9.17, 15) is 9.59 Å². The Labute approximate surface area is 192 Å². The summed E-state index contributed by atoms with van der Waals surface area (Å²) in [6, 6.07) is 12.7. The maximum absolute atomic E-state index is 12.6. The summed E-state index contributed by atoms with van der Waals surface area (Å²) in [5, 5.41) is 3.29. The largest absolute Gasteiger partial charge is 0.496 e. The average Bonchev–Trinajstić information content (AvgIpc) is 2.79. The molecule has 32 heavy (non-hydrogen) atoms. The standard InChI is InChI=1S/C23H29ClN4O4/c1-31-20-12-19(25)18(24)11-17(20)22(29)27-13-15-7-9-28(10-8-15)14-21(32-23(26)30)16-5-3-2-4-6-16/h2-6,11-12,15,21H,7-10,13-14,25H2,1H3,(H2,26,30)(H,27,29). The lowest BCUT2D eigenvalue weighted by Gasteiger charge is -2.34. The van der Waals surface area contributed by atoms with Crippen LogP contribution in [0.2, 0.25) is 5.02 Å². The first-order chi connectivity index (χ1) is 15.4. The normalized spacial score (nSPS) is 15.7.